The minimum absolute atomic E-state index is 0.00425. The van der Waals surface area contributed by atoms with Gasteiger partial charge in [-0.15, -0.1) is 0 Å². The van der Waals surface area contributed by atoms with Crippen LogP contribution in [0.4, 0.5) is 0 Å². The summed E-state index contributed by atoms with van der Waals surface area (Å²) in [5.41, 5.74) is -5.52. The third kappa shape index (κ3) is 2.28. The van der Waals surface area contributed by atoms with Crippen molar-refractivity contribution < 1.29 is 53.1 Å². The number of ether oxygens (including phenoxy) is 5. The fourth-order valence-electron chi connectivity index (χ4n) is 9.14. The highest BCUT2D eigenvalue weighted by atomic mass is 16.7. The summed E-state index contributed by atoms with van der Waals surface area (Å²) in [6, 6.07) is 0. The number of carbonyl (C=O) groups excluding carboxylic acids is 4. The van der Waals surface area contributed by atoms with Gasteiger partial charge in [0.1, 0.15) is 18.3 Å². The molecule has 5 aliphatic heterocycles. The number of aliphatic hydroxyl groups is 2. The zero-order valence-electron chi connectivity index (χ0n) is 20.9. The molecule has 1 saturated carbocycles. The summed E-state index contributed by atoms with van der Waals surface area (Å²) >= 11 is 0. The molecule has 0 aromatic heterocycles. The Balaban J connectivity index is 1.44. The minimum atomic E-state index is -1.47. The van der Waals surface area contributed by atoms with E-state index in [4.69, 9.17) is 23.7 Å². The van der Waals surface area contributed by atoms with Crippen molar-refractivity contribution >= 4 is 23.7 Å². The molecule has 0 unspecified atom stereocenters. The second-order valence-electron chi connectivity index (χ2n) is 12.3. The number of aliphatic hydroxyl groups excluding tert-OH is 2. The maximum absolute atomic E-state index is 14.3. The van der Waals surface area contributed by atoms with Crippen molar-refractivity contribution in [2.24, 2.45) is 22.2 Å². The van der Waals surface area contributed by atoms with Gasteiger partial charge in [0.05, 0.1) is 34.5 Å². The molecular weight excluding hydrogens is 488 g/mol. The normalized spacial score (nSPS) is 51.1. The van der Waals surface area contributed by atoms with Crippen molar-refractivity contribution in [3.8, 4) is 0 Å². The molecule has 0 aromatic carbocycles. The fourth-order valence-corrected chi connectivity index (χ4v) is 9.14. The number of epoxide rings is 1. The van der Waals surface area contributed by atoms with E-state index in [1.807, 2.05) is 0 Å². The highest BCUT2D eigenvalue weighted by Gasteiger charge is 2.90. The lowest BCUT2D eigenvalue weighted by molar-refractivity contribution is -0.207. The maximum Gasteiger partial charge on any atom is 0.340 e. The van der Waals surface area contributed by atoms with Gasteiger partial charge in [0.15, 0.2) is 11.9 Å². The van der Waals surface area contributed by atoms with E-state index in [2.05, 4.69) is 0 Å². The fraction of sp³-hybridized carbons (Fsp3) is 0.692. The van der Waals surface area contributed by atoms with Gasteiger partial charge in [-0.05, 0) is 45.6 Å². The second-order valence-corrected chi connectivity index (χ2v) is 12.3. The zero-order chi connectivity index (χ0) is 26.5. The van der Waals surface area contributed by atoms with Gasteiger partial charge in [0.25, 0.3) is 0 Å². The molecule has 11 nitrogen and oxygen atoms in total. The molecule has 9 atom stereocenters. The molecule has 37 heavy (non-hydrogen) atoms. The van der Waals surface area contributed by atoms with Crippen LogP contribution < -0.4 is 0 Å². The molecular formula is C26H28O11. The highest BCUT2D eigenvalue weighted by Crippen LogP contribution is 2.78. The van der Waals surface area contributed by atoms with Gasteiger partial charge in [-0.1, -0.05) is 6.92 Å². The Morgan fingerprint density at radius 3 is 2.41 bits per heavy atom. The summed E-state index contributed by atoms with van der Waals surface area (Å²) in [5.74, 6) is -3.49. The standard InChI is InChI=1S/C26H28O11/c1-22(2)16-15(29)17(30)24(4)11(25(16)9-33-13(27)8-12(25)36-22)5-6-23(3)18(10-7-14(28)34-20(10)31)35-21(32)19-26(23,24)37-19/h7,11-12,14,18-19,28-29H,5-6,8-9H2,1-4H3/t11-,12-,14-,18-,19+,23-,24-,25-,26+/m0/s1. The third-order valence-corrected chi connectivity index (χ3v) is 10.4. The number of rotatable bonds is 1. The Bertz CT molecular complexity index is 1280. The molecule has 198 valence electrons. The van der Waals surface area contributed by atoms with Crippen molar-refractivity contribution in [3.05, 3.63) is 23.0 Å². The molecule has 0 radical (unpaired) electrons. The van der Waals surface area contributed by atoms with Gasteiger partial charge in [-0.2, -0.15) is 0 Å². The number of allylic oxidation sites excluding steroid dienone is 1. The van der Waals surface area contributed by atoms with Gasteiger partial charge < -0.3 is 33.9 Å². The number of hydrogen-bond acceptors (Lipinski definition) is 11. The van der Waals surface area contributed by atoms with E-state index in [0.29, 0.717) is 18.4 Å². The van der Waals surface area contributed by atoms with Crippen LogP contribution in [0.3, 0.4) is 0 Å². The maximum atomic E-state index is 14.3. The molecule has 5 fully saturated rings. The molecule has 5 heterocycles. The Hall–Kier alpha value is -2.76. The lowest BCUT2D eigenvalue weighted by Crippen LogP contribution is -2.73. The first kappa shape index (κ1) is 23.4. The molecule has 11 heteroatoms. The monoisotopic (exact) mass is 516 g/mol. The van der Waals surface area contributed by atoms with Crippen molar-refractivity contribution in [1.82, 2.24) is 0 Å². The Kier molecular flexibility index (Phi) is 4.07. The second kappa shape index (κ2) is 6.44. The van der Waals surface area contributed by atoms with Crippen LogP contribution in [0.2, 0.25) is 0 Å². The van der Waals surface area contributed by atoms with Gasteiger partial charge in [0, 0.05) is 11.0 Å². The number of hydrogen-bond donors (Lipinski definition) is 2. The first-order chi connectivity index (χ1) is 17.3. The van der Waals surface area contributed by atoms with Gasteiger partial charge >= 0.3 is 17.9 Å². The van der Waals surface area contributed by atoms with Crippen molar-refractivity contribution in [3.63, 3.8) is 0 Å². The summed E-state index contributed by atoms with van der Waals surface area (Å²) in [6.45, 7) is 6.96. The van der Waals surface area contributed by atoms with Crippen molar-refractivity contribution in [2.45, 2.75) is 82.8 Å². The number of esters is 3. The molecule has 7 rings (SSSR count). The predicted molar refractivity (Wildman–Crippen MR) is 118 cm³/mol. The van der Waals surface area contributed by atoms with E-state index in [1.165, 1.54) is 6.08 Å². The SMILES string of the molecule is CC1(C)O[C@H]2CC(=O)OC[C@@]23C1=C(O)C(=O)[C@]1(C)[C@@H]3CC[C@@]2(C)[C@H](C3=C[C@@H](O)OC3=O)OC(=O)[C@H]3O[C@]321. The number of carbonyl (C=O) groups is 4. The smallest absolute Gasteiger partial charge is 0.340 e. The first-order valence-electron chi connectivity index (χ1n) is 12.6. The zero-order valence-corrected chi connectivity index (χ0v) is 20.9. The molecule has 0 amide bonds. The van der Waals surface area contributed by atoms with Crippen LogP contribution in [-0.4, -0.2) is 76.3 Å². The summed E-state index contributed by atoms with van der Waals surface area (Å²) in [7, 11) is 0. The summed E-state index contributed by atoms with van der Waals surface area (Å²) in [6.07, 6.45) is -2.34. The highest BCUT2D eigenvalue weighted by molar-refractivity contribution is 6.04. The quantitative estimate of drug-likeness (QED) is 0.288. The van der Waals surface area contributed by atoms with E-state index in [1.54, 1.807) is 27.7 Å². The van der Waals surface area contributed by atoms with Crippen molar-refractivity contribution in [2.75, 3.05) is 6.61 Å². The predicted octanol–water partition coefficient (Wildman–Crippen LogP) is 0.779. The third-order valence-electron chi connectivity index (χ3n) is 10.4. The van der Waals surface area contributed by atoms with Gasteiger partial charge in [-0.25, -0.2) is 9.59 Å². The van der Waals surface area contributed by atoms with Crippen LogP contribution in [0, 0.1) is 22.2 Å². The van der Waals surface area contributed by atoms with Crippen LogP contribution in [0.1, 0.15) is 47.0 Å². The van der Waals surface area contributed by atoms with Crippen LogP contribution in [0.15, 0.2) is 23.0 Å². The molecule has 0 aromatic rings. The van der Waals surface area contributed by atoms with E-state index in [9.17, 15) is 29.4 Å². The van der Waals surface area contributed by atoms with Crippen LogP contribution in [0.25, 0.3) is 0 Å². The van der Waals surface area contributed by atoms with Crippen LogP contribution in [0.5, 0.6) is 0 Å². The van der Waals surface area contributed by atoms with Gasteiger partial charge in [0.2, 0.25) is 12.1 Å². The Morgan fingerprint density at radius 1 is 1.00 bits per heavy atom. The van der Waals surface area contributed by atoms with Crippen LogP contribution >= 0.6 is 0 Å². The number of Topliss-reactive ketones (excluding diaryl/α,β-unsaturated/α-hetero) is 1. The summed E-state index contributed by atoms with van der Waals surface area (Å²) in [5, 5.41) is 21.4. The molecule has 2 N–H and O–H groups in total. The number of ketones is 1. The molecule has 7 aliphatic rings. The lowest BCUT2D eigenvalue weighted by atomic mass is 9.39. The van der Waals surface area contributed by atoms with Crippen molar-refractivity contribution in [1.29, 1.82) is 0 Å². The topological polar surface area (TPSA) is 158 Å². The Morgan fingerprint density at radius 2 is 1.73 bits per heavy atom. The molecule has 2 spiro atoms. The minimum Gasteiger partial charge on any atom is -0.504 e. The Labute approximate surface area is 211 Å². The molecule has 2 aliphatic carbocycles. The average Bonchev–Trinajstić information content (AvgIpc) is 3.44. The largest absolute Gasteiger partial charge is 0.504 e. The van der Waals surface area contributed by atoms with E-state index < -0.39 is 87.4 Å². The van der Waals surface area contributed by atoms with E-state index in [-0.39, 0.29) is 18.6 Å². The lowest BCUT2D eigenvalue weighted by Gasteiger charge is -2.63. The summed E-state index contributed by atoms with van der Waals surface area (Å²) in [4.78, 5) is 52.3. The molecule has 4 saturated heterocycles. The average molecular weight is 516 g/mol. The van der Waals surface area contributed by atoms with E-state index >= 15 is 0 Å². The van der Waals surface area contributed by atoms with Gasteiger partial charge in [-0.3, -0.25) is 9.59 Å². The number of cyclic esters (lactones) is 3. The van der Waals surface area contributed by atoms with E-state index in [0.717, 1.165) is 0 Å². The first-order valence-corrected chi connectivity index (χ1v) is 12.6. The number of fused-ring (bicyclic) bond motifs is 1. The van der Waals surface area contributed by atoms with Crippen LogP contribution in [-0.2, 0) is 42.9 Å². The summed E-state index contributed by atoms with van der Waals surface area (Å²) < 4.78 is 28.7. The molecule has 0 bridgehead atoms.